The minimum absolute atomic E-state index is 0. The molecule has 3 rings (SSSR count). The maximum Gasteiger partial charge on any atom is 0.191 e. The van der Waals surface area contributed by atoms with Gasteiger partial charge in [-0.3, -0.25) is 4.99 Å². The second-order valence-electron chi connectivity index (χ2n) is 5.61. The summed E-state index contributed by atoms with van der Waals surface area (Å²) in [6.07, 6.45) is 8.68. The number of hydrogen-bond donors (Lipinski definition) is 2. The van der Waals surface area contributed by atoms with E-state index < -0.39 is 0 Å². The van der Waals surface area contributed by atoms with Crippen LogP contribution in [-0.2, 0) is 4.74 Å². The summed E-state index contributed by atoms with van der Waals surface area (Å²) in [6.45, 7) is 1.07. The monoisotopic (exact) mass is 365 g/mol. The summed E-state index contributed by atoms with van der Waals surface area (Å²) >= 11 is 0. The third kappa shape index (κ3) is 3.10. The predicted octanol–water partition coefficient (Wildman–Crippen LogP) is 1.89. The van der Waals surface area contributed by atoms with Gasteiger partial charge in [-0.25, -0.2) is 0 Å². The summed E-state index contributed by atoms with van der Waals surface area (Å²) in [5, 5.41) is 6.96. The Labute approximate surface area is 126 Å². The van der Waals surface area contributed by atoms with Crippen LogP contribution in [-0.4, -0.2) is 37.8 Å². The molecule has 3 atom stereocenters. The molecule has 0 aromatic carbocycles. The Balaban J connectivity index is 0.00000120. The molecule has 18 heavy (non-hydrogen) atoms. The molecule has 2 heterocycles. The average molecular weight is 365 g/mol. The lowest BCUT2D eigenvalue weighted by atomic mass is 9.85. The van der Waals surface area contributed by atoms with Gasteiger partial charge >= 0.3 is 0 Å². The second kappa shape index (κ2) is 6.41. The fourth-order valence-electron chi connectivity index (χ4n) is 3.10. The van der Waals surface area contributed by atoms with Crippen molar-refractivity contribution in [1.29, 1.82) is 0 Å². The van der Waals surface area contributed by atoms with Crippen molar-refractivity contribution in [3.8, 4) is 0 Å². The Morgan fingerprint density at radius 2 is 2.11 bits per heavy atom. The molecule has 1 aliphatic carbocycles. The molecule has 3 aliphatic rings. The highest BCUT2D eigenvalue weighted by atomic mass is 127. The van der Waals surface area contributed by atoms with Crippen LogP contribution < -0.4 is 10.6 Å². The third-order valence-corrected chi connectivity index (χ3v) is 4.43. The van der Waals surface area contributed by atoms with E-state index in [1.54, 1.807) is 0 Å². The molecule has 0 radical (unpaired) electrons. The van der Waals surface area contributed by atoms with E-state index in [-0.39, 0.29) is 24.0 Å². The summed E-state index contributed by atoms with van der Waals surface area (Å²) in [4.78, 5) is 4.30. The molecule has 0 spiro atoms. The highest BCUT2D eigenvalue weighted by molar-refractivity contribution is 14.0. The third-order valence-electron chi connectivity index (χ3n) is 4.43. The Bertz CT molecular complexity index is 307. The van der Waals surface area contributed by atoms with Crippen molar-refractivity contribution in [2.24, 2.45) is 10.9 Å². The van der Waals surface area contributed by atoms with E-state index in [0.29, 0.717) is 18.2 Å². The summed E-state index contributed by atoms with van der Waals surface area (Å²) in [7, 11) is 1.85. The van der Waals surface area contributed by atoms with Gasteiger partial charge in [-0.05, 0) is 38.0 Å². The van der Waals surface area contributed by atoms with E-state index in [9.17, 15) is 0 Å². The lowest BCUT2D eigenvalue weighted by molar-refractivity contribution is 0.0992. The van der Waals surface area contributed by atoms with Crippen molar-refractivity contribution in [2.75, 3.05) is 13.6 Å². The van der Waals surface area contributed by atoms with Gasteiger partial charge in [0.25, 0.3) is 0 Å². The van der Waals surface area contributed by atoms with E-state index in [0.717, 1.165) is 24.8 Å². The highest BCUT2D eigenvalue weighted by Gasteiger charge is 2.41. The van der Waals surface area contributed by atoms with Gasteiger partial charge in [0.15, 0.2) is 5.96 Å². The zero-order valence-electron chi connectivity index (χ0n) is 11.0. The van der Waals surface area contributed by atoms with Crippen molar-refractivity contribution in [3.63, 3.8) is 0 Å². The van der Waals surface area contributed by atoms with Crippen LogP contribution in [0.5, 0.6) is 0 Å². The van der Waals surface area contributed by atoms with Crippen LogP contribution in [0.1, 0.15) is 38.5 Å². The molecule has 5 heteroatoms. The first-order valence-corrected chi connectivity index (χ1v) is 6.98. The number of hydrogen-bond acceptors (Lipinski definition) is 2. The molecule has 104 valence electrons. The van der Waals surface area contributed by atoms with Crippen LogP contribution in [0.3, 0.4) is 0 Å². The van der Waals surface area contributed by atoms with Gasteiger partial charge in [0.1, 0.15) is 0 Å². The molecular weight excluding hydrogens is 341 g/mol. The smallest absolute Gasteiger partial charge is 0.191 e. The average Bonchev–Trinajstić information content (AvgIpc) is 2.87. The quantitative estimate of drug-likeness (QED) is 0.456. The van der Waals surface area contributed by atoms with E-state index in [2.05, 4.69) is 15.6 Å². The summed E-state index contributed by atoms with van der Waals surface area (Å²) in [6, 6.07) is 0.473. The van der Waals surface area contributed by atoms with Gasteiger partial charge in [0.2, 0.25) is 0 Å². The summed E-state index contributed by atoms with van der Waals surface area (Å²) in [5.74, 6) is 1.82. The standard InChI is InChI=1S/C13H23N3O.HI/c1-14-13(15-8-9-3-2-4-9)16-11-7-10-5-6-12(11)17-10;/h9-12H,2-8H2,1H3,(H2,14,15,16);1H. The number of nitrogens with one attached hydrogen (secondary N) is 2. The Morgan fingerprint density at radius 1 is 1.28 bits per heavy atom. The maximum atomic E-state index is 5.84. The molecule has 3 unspecified atom stereocenters. The normalized spacial score (nSPS) is 34.9. The second-order valence-corrected chi connectivity index (χ2v) is 5.61. The van der Waals surface area contributed by atoms with Crippen LogP contribution in [0.2, 0.25) is 0 Å². The molecule has 0 aromatic rings. The zero-order valence-corrected chi connectivity index (χ0v) is 13.4. The molecule has 4 nitrogen and oxygen atoms in total. The van der Waals surface area contributed by atoms with Gasteiger partial charge in [0.05, 0.1) is 18.2 Å². The van der Waals surface area contributed by atoms with Crippen LogP contribution in [0, 0.1) is 5.92 Å². The van der Waals surface area contributed by atoms with Gasteiger partial charge in [-0.2, -0.15) is 0 Å². The van der Waals surface area contributed by atoms with Gasteiger partial charge in [-0.1, -0.05) is 6.42 Å². The Morgan fingerprint density at radius 3 is 2.61 bits per heavy atom. The van der Waals surface area contributed by atoms with Crippen molar-refractivity contribution in [1.82, 2.24) is 10.6 Å². The number of fused-ring (bicyclic) bond motifs is 2. The summed E-state index contributed by atoms with van der Waals surface area (Å²) in [5.41, 5.74) is 0. The van der Waals surface area contributed by atoms with Crippen molar-refractivity contribution in [2.45, 2.75) is 56.8 Å². The van der Waals surface area contributed by atoms with Crippen molar-refractivity contribution >= 4 is 29.9 Å². The van der Waals surface area contributed by atoms with Gasteiger partial charge in [-0.15, -0.1) is 24.0 Å². The van der Waals surface area contributed by atoms with E-state index in [1.165, 1.54) is 32.1 Å². The molecule has 0 amide bonds. The molecule has 1 saturated carbocycles. The molecule has 2 N–H and O–H groups in total. The number of nitrogens with zero attached hydrogens (tertiary/aromatic N) is 1. The SMILES string of the molecule is CN=C(NCC1CCC1)NC1CC2CCC1O2.I. The molecule has 2 aliphatic heterocycles. The lowest BCUT2D eigenvalue weighted by Gasteiger charge is -2.28. The first kappa shape index (κ1) is 14.4. The van der Waals surface area contributed by atoms with Crippen molar-refractivity contribution < 1.29 is 4.74 Å². The minimum atomic E-state index is 0. The molecule has 3 fully saturated rings. The number of rotatable bonds is 3. The van der Waals surface area contributed by atoms with E-state index in [4.69, 9.17) is 4.74 Å². The number of ether oxygens (including phenoxy) is 1. The maximum absolute atomic E-state index is 5.84. The number of aliphatic imine (C=N–C) groups is 1. The molecule has 2 bridgehead atoms. The molecule has 0 aromatic heterocycles. The Hall–Kier alpha value is -0.0400. The topological polar surface area (TPSA) is 45.7 Å². The van der Waals surface area contributed by atoms with Crippen LogP contribution in [0.4, 0.5) is 0 Å². The largest absolute Gasteiger partial charge is 0.373 e. The fourth-order valence-corrected chi connectivity index (χ4v) is 3.10. The molecule has 2 saturated heterocycles. The number of halogens is 1. The zero-order chi connectivity index (χ0) is 11.7. The summed E-state index contributed by atoms with van der Waals surface area (Å²) < 4.78 is 5.84. The van der Waals surface area contributed by atoms with Crippen LogP contribution >= 0.6 is 24.0 Å². The first-order valence-electron chi connectivity index (χ1n) is 6.98. The molecular formula is C13H24IN3O. The van der Waals surface area contributed by atoms with Gasteiger partial charge < -0.3 is 15.4 Å². The van der Waals surface area contributed by atoms with Crippen molar-refractivity contribution in [3.05, 3.63) is 0 Å². The predicted molar refractivity (Wildman–Crippen MR) is 83.6 cm³/mol. The van der Waals surface area contributed by atoms with Crippen LogP contribution in [0.15, 0.2) is 4.99 Å². The van der Waals surface area contributed by atoms with Crippen LogP contribution in [0.25, 0.3) is 0 Å². The lowest BCUT2D eigenvalue weighted by Crippen LogP contribution is -2.48. The number of guanidine groups is 1. The minimum Gasteiger partial charge on any atom is -0.373 e. The van der Waals surface area contributed by atoms with E-state index in [1.807, 2.05) is 7.05 Å². The highest BCUT2D eigenvalue weighted by Crippen LogP contribution is 2.34. The Kier molecular flexibility index (Phi) is 5.12. The van der Waals surface area contributed by atoms with E-state index >= 15 is 0 Å². The first-order chi connectivity index (χ1) is 8.35. The van der Waals surface area contributed by atoms with Gasteiger partial charge in [0, 0.05) is 13.6 Å². The fraction of sp³-hybridized carbons (Fsp3) is 0.923.